The second-order valence-electron chi connectivity index (χ2n) is 20.3. The number of nitrogens with zero attached hydrogens (tertiary/aromatic N) is 3. The van der Waals surface area contributed by atoms with Crippen LogP contribution in [0.15, 0.2) is 166 Å². The van der Waals surface area contributed by atoms with E-state index in [1.807, 2.05) is 11.8 Å². The van der Waals surface area contributed by atoms with E-state index in [0.717, 1.165) is 50.8 Å². The Labute approximate surface area is 371 Å². The molecule has 0 radical (unpaired) electrons. The van der Waals surface area contributed by atoms with Gasteiger partial charge in [-0.25, -0.2) is 0 Å². The lowest BCUT2D eigenvalue weighted by Gasteiger charge is -2.43. The first kappa shape index (κ1) is 38.8. The third-order valence-electron chi connectivity index (χ3n) is 13.1. The zero-order chi connectivity index (χ0) is 42.9. The summed E-state index contributed by atoms with van der Waals surface area (Å²) in [5.74, 6) is 0. The van der Waals surface area contributed by atoms with Gasteiger partial charge < -0.3 is 19.1 Å². The Kier molecular flexibility index (Phi) is 8.57. The van der Waals surface area contributed by atoms with Crippen molar-refractivity contribution in [3.63, 3.8) is 0 Å². The van der Waals surface area contributed by atoms with Gasteiger partial charge in [-0.1, -0.05) is 147 Å². The second-order valence-corrected chi connectivity index (χ2v) is 21.4. The van der Waals surface area contributed by atoms with Crippen LogP contribution >= 0.6 is 11.8 Å². The summed E-state index contributed by atoms with van der Waals surface area (Å²) in [5.41, 5.74) is 18.6. The standard InChI is InChI=1S/C56H52BN3OS/c1-54(2,3)35-22-27-39(28-23-35)58-43-32-26-37(56(7,8)9)34-42(43)57-49-45(58)19-15-20-46(49)60(40-29-24-36(25-30-40)55(4,5)6)50-41-31-33-48-51(52(41)61-53(50)57)59(38-16-11-10-12-17-38)44-18-13-14-21-47(44)62-48/h10-34H,1-9H3. The quantitative estimate of drug-likeness (QED) is 0.165. The maximum absolute atomic E-state index is 7.70. The van der Waals surface area contributed by atoms with E-state index in [0.29, 0.717) is 0 Å². The largest absolute Gasteiger partial charge is 0.466 e. The number of fused-ring (bicyclic) bond motifs is 9. The summed E-state index contributed by atoms with van der Waals surface area (Å²) in [6.07, 6.45) is 0. The fraction of sp³-hybridized carbons (Fsp3) is 0.214. The third-order valence-corrected chi connectivity index (χ3v) is 14.2. The van der Waals surface area contributed by atoms with Crippen LogP contribution < -0.4 is 31.3 Å². The predicted octanol–water partition coefficient (Wildman–Crippen LogP) is 14.3. The van der Waals surface area contributed by atoms with Crippen LogP contribution in [0.1, 0.15) is 79.0 Å². The minimum absolute atomic E-state index is 0.0242. The van der Waals surface area contributed by atoms with E-state index in [-0.39, 0.29) is 23.0 Å². The second kappa shape index (κ2) is 13.7. The van der Waals surface area contributed by atoms with Crippen molar-refractivity contribution in [2.75, 3.05) is 14.7 Å². The number of rotatable bonds is 3. The first-order valence-corrected chi connectivity index (χ1v) is 22.8. The van der Waals surface area contributed by atoms with Gasteiger partial charge in [0.05, 0.1) is 17.0 Å². The molecule has 0 N–H and O–H groups in total. The molecule has 0 atom stereocenters. The average molecular weight is 826 g/mol. The Hall–Kier alpha value is -6.11. The fourth-order valence-corrected chi connectivity index (χ4v) is 10.9. The summed E-state index contributed by atoms with van der Waals surface area (Å²) in [4.78, 5) is 9.80. The van der Waals surface area contributed by atoms with Gasteiger partial charge in [0, 0.05) is 49.3 Å². The van der Waals surface area contributed by atoms with Crippen LogP contribution in [0, 0.1) is 0 Å². The van der Waals surface area contributed by atoms with Crippen molar-refractivity contribution in [3.8, 4) is 0 Å². The first-order valence-electron chi connectivity index (χ1n) is 22.0. The summed E-state index contributed by atoms with van der Waals surface area (Å²) in [6, 6.07) is 56.6. The van der Waals surface area contributed by atoms with Gasteiger partial charge in [-0.05, 0) is 123 Å². The molecule has 3 aliphatic heterocycles. The van der Waals surface area contributed by atoms with Gasteiger partial charge in [-0.3, -0.25) is 0 Å². The summed E-state index contributed by atoms with van der Waals surface area (Å²) in [5, 5.41) is 1.10. The van der Waals surface area contributed by atoms with Crippen molar-refractivity contribution in [2.24, 2.45) is 0 Å². The van der Waals surface area contributed by atoms with E-state index in [4.69, 9.17) is 4.42 Å². The molecule has 8 aromatic rings. The zero-order valence-corrected chi connectivity index (χ0v) is 38.0. The Morgan fingerprint density at radius 2 is 0.968 bits per heavy atom. The molecule has 0 aliphatic carbocycles. The van der Waals surface area contributed by atoms with E-state index in [1.165, 1.54) is 54.5 Å². The number of furan rings is 1. The summed E-state index contributed by atoms with van der Waals surface area (Å²) < 4.78 is 7.70. The van der Waals surface area contributed by atoms with Crippen LogP contribution in [0.2, 0.25) is 0 Å². The lowest BCUT2D eigenvalue weighted by atomic mass is 9.35. The molecule has 11 rings (SSSR count). The smallest absolute Gasteiger partial charge is 0.297 e. The predicted molar refractivity (Wildman–Crippen MR) is 265 cm³/mol. The van der Waals surface area contributed by atoms with Gasteiger partial charge in [-0.2, -0.15) is 0 Å². The number of hydrogen-bond donors (Lipinski definition) is 0. The Balaban J connectivity index is 1.23. The Morgan fingerprint density at radius 1 is 0.435 bits per heavy atom. The molecule has 0 saturated carbocycles. The highest BCUT2D eigenvalue weighted by molar-refractivity contribution is 7.99. The Morgan fingerprint density at radius 3 is 1.61 bits per heavy atom. The highest BCUT2D eigenvalue weighted by Gasteiger charge is 2.47. The molecule has 4 nitrogen and oxygen atoms in total. The van der Waals surface area contributed by atoms with Crippen molar-refractivity contribution in [3.05, 3.63) is 168 Å². The molecule has 7 aromatic carbocycles. The molecule has 0 saturated heterocycles. The van der Waals surface area contributed by atoms with Gasteiger partial charge in [-0.15, -0.1) is 0 Å². The average Bonchev–Trinajstić information content (AvgIpc) is 3.64. The van der Waals surface area contributed by atoms with Gasteiger partial charge >= 0.3 is 0 Å². The number of hydrogen-bond acceptors (Lipinski definition) is 5. The maximum atomic E-state index is 7.70. The molecule has 6 heteroatoms. The van der Waals surface area contributed by atoms with Crippen molar-refractivity contribution >= 4 is 97.2 Å². The van der Waals surface area contributed by atoms with E-state index < -0.39 is 0 Å². The van der Waals surface area contributed by atoms with Gasteiger partial charge in [0.2, 0.25) is 0 Å². The number of benzene rings is 7. The minimum Gasteiger partial charge on any atom is -0.466 e. The molecular formula is C56H52BN3OS. The highest BCUT2D eigenvalue weighted by atomic mass is 32.2. The molecule has 62 heavy (non-hydrogen) atoms. The third kappa shape index (κ3) is 5.97. The van der Waals surface area contributed by atoms with Crippen LogP contribution in [0.5, 0.6) is 0 Å². The van der Waals surface area contributed by atoms with Crippen LogP contribution in [0.4, 0.5) is 51.2 Å². The molecule has 306 valence electrons. The maximum Gasteiger partial charge on any atom is 0.297 e. The number of para-hydroxylation sites is 2. The van der Waals surface area contributed by atoms with Crippen molar-refractivity contribution in [1.29, 1.82) is 0 Å². The highest BCUT2D eigenvalue weighted by Crippen LogP contribution is 2.56. The summed E-state index contributed by atoms with van der Waals surface area (Å²) >= 11 is 1.82. The van der Waals surface area contributed by atoms with E-state index in [2.05, 4.69) is 229 Å². The lowest BCUT2D eigenvalue weighted by Crippen LogP contribution is -2.61. The lowest BCUT2D eigenvalue weighted by molar-refractivity contribution is 0.590. The van der Waals surface area contributed by atoms with Crippen LogP contribution in [0.3, 0.4) is 0 Å². The number of anilines is 9. The van der Waals surface area contributed by atoms with Gasteiger partial charge in [0.1, 0.15) is 5.69 Å². The van der Waals surface area contributed by atoms with Crippen molar-refractivity contribution in [1.82, 2.24) is 0 Å². The minimum atomic E-state index is -0.152. The molecule has 1 aromatic heterocycles. The van der Waals surface area contributed by atoms with E-state index >= 15 is 0 Å². The Bertz CT molecular complexity index is 3060. The van der Waals surface area contributed by atoms with Crippen molar-refractivity contribution < 1.29 is 4.42 Å². The molecule has 0 unspecified atom stereocenters. The molecule has 0 fully saturated rings. The molecule has 4 heterocycles. The van der Waals surface area contributed by atoms with E-state index in [9.17, 15) is 0 Å². The van der Waals surface area contributed by atoms with Gasteiger partial charge in [0.15, 0.2) is 5.58 Å². The van der Waals surface area contributed by atoms with Crippen molar-refractivity contribution in [2.45, 2.75) is 88.3 Å². The summed E-state index contributed by atoms with van der Waals surface area (Å²) in [6.45, 7) is 20.5. The van der Waals surface area contributed by atoms with Gasteiger partial charge in [0.25, 0.3) is 6.71 Å². The summed E-state index contributed by atoms with van der Waals surface area (Å²) in [7, 11) is 0. The molecule has 0 bridgehead atoms. The SMILES string of the molecule is CC(C)(C)c1ccc(N2c3ccc(C(C)(C)C)cc3B3c4oc5c6c(ccc5c4N(c4ccc(C(C)(C)C)cc4)c4cccc2c43)Sc2ccccc2N6c2ccccc2)cc1. The van der Waals surface area contributed by atoms with Crippen LogP contribution in [0.25, 0.3) is 11.0 Å². The molecule has 0 spiro atoms. The zero-order valence-electron chi connectivity index (χ0n) is 37.2. The van der Waals surface area contributed by atoms with Crippen LogP contribution in [-0.4, -0.2) is 6.71 Å². The molecule has 3 aliphatic rings. The van der Waals surface area contributed by atoms with E-state index in [1.54, 1.807) is 0 Å². The molecular weight excluding hydrogens is 774 g/mol. The topological polar surface area (TPSA) is 22.9 Å². The van der Waals surface area contributed by atoms with Crippen LogP contribution in [-0.2, 0) is 16.2 Å². The fourth-order valence-electron chi connectivity index (χ4n) is 9.79. The normalized spacial score (nSPS) is 14.3. The monoisotopic (exact) mass is 825 g/mol. The molecule has 0 amide bonds. The first-order chi connectivity index (χ1) is 29.7.